The highest BCUT2D eigenvalue weighted by molar-refractivity contribution is 6.39. The van der Waals surface area contributed by atoms with Crippen LogP contribution in [0.2, 0.25) is 10.0 Å². The summed E-state index contributed by atoms with van der Waals surface area (Å²) in [5, 5.41) is 7.63. The van der Waals surface area contributed by atoms with E-state index in [1.165, 1.54) is 0 Å². The van der Waals surface area contributed by atoms with Gasteiger partial charge in [-0.15, -0.1) is 0 Å². The Morgan fingerprint density at radius 2 is 2.15 bits per heavy atom. The highest BCUT2D eigenvalue weighted by atomic mass is 35.5. The molecule has 5 nitrogen and oxygen atoms in total. The number of halogens is 2. The first kappa shape index (κ1) is 14.8. The standard InChI is InChI=1S/C13H13Cl2N3O2/c14-9-2-1-8(10(15)7-9)5-6-16-13(20)11-3-4-12(19)18-17-11/h1-2,7H,3-6H2,(H,16,20)(H,18,19). The molecule has 1 heterocycles. The number of hydrogen-bond donors (Lipinski definition) is 2. The molecular formula is C13H13Cl2N3O2. The largest absolute Gasteiger partial charge is 0.351 e. The third kappa shape index (κ3) is 3.95. The molecule has 20 heavy (non-hydrogen) atoms. The number of carbonyl (C=O) groups is 2. The highest BCUT2D eigenvalue weighted by Gasteiger charge is 2.17. The van der Waals surface area contributed by atoms with Crippen molar-refractivity contribution in [2.75, 3.05) is 6.54 Å². The molecular weight excluding hydrogens is 301 g/mol. The van der Waals surface area contributed by atoms with E-state index in [2.05, 4.69) is 15.8 Å². The first-order chi connectivity index (χ1) is 9.56. The molecule has 1 aliphatic rings. The van der Waals surface area contributed by atoms with Gasteiger partial charge in [-0.25, -0.2) is 5.43 Å². The van der Waals surface area contributed by atoms with Gasteiger partial charge < -0.3 is 5.32 Å². The van der Waals surface area contributed by atoms with Crippen molar-refractivity contribution in [3.63, 3.8) is 0 Å². The Hall–Kier alpha value is -1.59. The van der Waals surface area contributed by atoms with Crippen LogP contribution in [0.3, 0.4) is 0 Å². The maximum atomic E-state index is 11.8. The smallest absolute Gasteiger partial charge is 0.267 e. The summed E-state index contributed by atoms with van der Waals surface area (Å²) in [5.41, 5.74) is 3.54. The zero-order chi connectivity index (χ0) is 14.5. The monoisotopic (exact) mass is 313 g/mol. The number of amides is 2. The SMILES string of the molecule is O=C1CCC(C(=O)NCCc2ccc(Cl)cc2Cl)=NN1. The van der Waals surface area contributed by atoms with Gasteiger partial charge >= 0.3 is 0 Å². The third-order valence-corrected chi connectivity index (χ3v) is 3.45. The molecule has 0 fully saturated rings. The Morgan fingerprint density at radius 3 is 2.80 bits per heavy atom. The van der Waals surface area contributed by atoms with Crippen LogP contribution in [0.4, 0.5) is 0 Å². The second-order valence-electron chi connectivity index (χ2n) is 4.34. The number of rotatable bonds is 4. The molecule has 2 amide bonds. The van der Waals surface area contributed by atoms with Crippen molar-refractivity contribution in [1.29, 1.82) is 0 Å². The summed E-state index contributed by atoms with van der Waals surface area (Å²) >= 11 is 11.9. The Labute approximate surface area is 126 Å². The van der Waals surface area contributed by atoms with Gasteiger partial charge in [0.1, 0.15) is 5.71 Å². The summed E-state index contributed by atoms with van der Waals surface area (Å²) < 4.78 is 0. The van der Waals surface area contributed by atoms with E-state index in [4.69, 9.17) is 23.2 Å². The molecule has 0 bridgehead atoms. The van der Waals surface area contributed by atoms with Crippen molar-refractivity contribution >= 4 is 40.7 Å². The van der Waals surface area contributed by atoms with Crippen LogP contribution >= 0.6 is 23.2 Å². The number of hydrazone groups is 1. The van der Waals surface area contributed by atoms with Crippen LogP contribution in [0.5, 0.6) is 0 Å². The van der Waals surface area contributed by atoms with Gasteiger partial charge in [-0.1, -0.05) is 29.3 Å². The third-order valence-electron chi connectivity index (χ3n) is 2.86. The van der Waals surface area contributed by atoms with E-state index in [1.807, 2.05) is 6.07 Å². The zero-order valence-electron chi connectivity index (χ0n) is 10.6. The molecule has 0 saturated heterocycles. The molecule has 0 unspecified atom stereocenters. The van der Waals surface area contributed by atoms with E-state index in [9.17, 15) is 9.59 Å². The van der Waals surface area contributed by atoms with Crippen molar-refractivity contribution < 1.29 is 9.59 Å². The lowest BCUT2D eigenvalue weighted by molar-refractivity contribution is -0.121. The highest BCUT2D eigenvalue weighted by Crippen LogP contribution is 2.21. The minimum Gasteiger partial charge on any atom is -0.351 e. The molecule has 2 rings (SSSR count). The average molecular weight is 314 g/mol. The normalized spacial score (nSPS) is 14.5. The molecule has 1 aliphatic heterocycles. The van der Waals surface area contributed by atoms with Crippen LogP contribution in [0.1, 0.15) is 18.4 Å². The van der Waals surface area contributed by atoms with Gasteiger partial charge in [-0.2, -0.15) is 5.10 Å². The van der Waals surface area contributed by atoms with Crippen molar-refractivity contribution in [1.82, 2.24) is 10.7 Å². The fourth-order valence-corrected chi connectivity index (χ4v) is 2.28. The van der Waals surface area contributed by atoms with Gasteiger partial charge in [0.25, 0.3) is 5.91 Å². The van der Waals surface area contributed by atoms with Crippen molar-refractivity contribution in [3.8, 4) is 0 Å². The molecule has 106 valence electrons. The van der Waals surface area contributed by atoms with Gasteiger partial charge in [-0.3, -0.25) is 9.59 Å². The van der Waals surface area contributed by atoms with Gasteiger partial charge in [0.2, 0.25) is 5.91 Å². The minimum absolute atomic E-state index is 0.172. The maximum Gasteiger partial charge on any atom is 0.267 e. The second kappa shape index (κ2) is 6.72. The van der Waals surface area contributed by atoms with Crippen molar-refractivity contribution in [3.05, 3.63) is 33.8 Å². The van der Waals surface area contributed by atoms with Gasteiger partial charge in [0, 0.05) is 29.4 Å². The van der Waals surface area contributed by atoms with E-state index >= 15 is 0 Å². The zero-order valence-corrected chi connectivity index (χ0v) is 12.1. The number of nitrogens with zero attached hydrogens (tertiary/aromatic N) is 1. The van der Waals surface area contributed by atoms with Crippen LogP contribution in [-0.2, 0) is 16.0 Å². The Balaban J connectivity index is 1.84. The summed E-state index contributed by atoms with van der Waals surface area (Å²) in [6, 6.07) is 5.25. The molecule has 1 aromatic rings. The summed E-state index contributed by atoms with van der Waals surface area (Å²) in [7, 11) is 0. The Bertz CT molecular complexity index is 573. The van der Waals surface area contributed by atoms with Gasteiger partial charge in [-0.05, 0) is 24.1 Å². The molecule has 7 heteroatoms. The van der Waals surface area contributed by atoms with Crippen LogP contribution in [0.15, 0.2) is 23.3 Å². The van der Waals surface area contributed by atoms with Crippen LogP contribution in [-0.4, -0.2) is 24.1 Å². The van der Waals surface area contributed by atoms with E-state index in [1.54, 1.807) is 12.1 Å². The predicted octanol–water partition coefficient (Wildman–Crippen LogP) is 1.92. The fourth-order valence-electron chi connectivity index (χ4n) is 1.78. The lowest BCUT2D eigenvalue weighted by Gasteiger charge is -2.12. The Morgan fingerprint density at radius 1 is 1.35 bits per heavy atom. The summed E-state index contributed by atoms with van der Waals surface area (Å²) in [4.78, 5) is 22.7. The summed E-state index contributed by atoms with van der Waals surface area (Å²) in [5.74, 6) is -0.440. The number of nitrogens with one attached hydrogen (secondary N) is 2. The topological polar surface area (TPSA) is 70.6 Å². The second-order valence-corrected chi connectivity index (χ2v) is 5.18. The molecule has 0 saturated carbocycles. The van der Waals surface area contributed by atoms with Crippen LogP contribution in [0.25, 0.3) is 0 Å². The van der Waals surface area contributed by atoms with Crippen molar-refractivity contribution in [2.24, 2.45) is 5.10 Å². The summed E-state index contributed by atoms with van der Waals surface area (Å²) in [6.07, 6.45) is 1.25. The molecule has 0 spiro atoms. The summed E-state index contributed by atoms with van der Waals surface area (Å²) in [6.45, 7) is 0.438. The van der Waals surface area contributed by atoms with E-state index in [0.717, 1.165) is 5.56 Å². The van der Waals surface area contributed by atoms with Gasteiger partial charge in [0.15, 0.2) is 0 Å². The lowest BCUT2D eigenvalue weighted by Crippen LogP contribution is -2.37. The van der Waals surface area contributed by atoms with Crippen LogP contribution < -0.4 is 10.7 Å². The molecule has 0 aliphatic carbocycles. The number of benzene rings is 1. The van der Waals surface area contributed by atoms with Crippen molar-refractivity contribution in [2.45, 2.75) is 19.3 Å². The molecule has 0 aromatic heterocycles. The maximum absolute atomic E-state index is 11.8. The predicted molar refractivity (Wildman–Crippen MR) is 78.0 cm³/mol. The van der Waals surface area contributed by atoms with E-state index in [0.29, 0.717) is 35.1 Å². The lowest BCUT2D eigenvalue weighted by atomic mass is 10.1. The Kier molecular flexibility index (Phi) is 4.98. The quantitative estimate of drug-likeness (QED) is 0.891. The van der Waals surface area contributed by atoms with E-state index in [-0.39, 0.29) is 18.2 Å². The van der Waals surface area contributed by atoms with Gasteiger partial charge in [0.05, 0.1) is 0 Å². The average Bonchev–Trinajstić information content (AvgIpc) is 2.42. The van der Waals surface area contributed by atoms with Crippen LogP contribution in [0, 0.1) is 0 Å². The molecule has 2 N–H and O–H groups in total. The van der Waals surface area contributed by atoms with E-state index < -0.39 is 0 Å². The molecule has 0 radical (unpaired) electrons. The first-order valence-electron chi connectivity index (χ1n) is 6.14. The first-order valence-corrected chi connectivity index (χ1v) is 6.89. The number of hydrogen-bond acceptors (Lipinski definition) is 3. The molecule has 0 atom stereocenters. The molecule has 1 aromatic carbocycles. The minimum atomic E-state index is -0.268. The fraction of sp³-hybridized carbons (Fsp3) is 0.308. The number of carbonyl (C=O) groups excluding carboxylic acids is 2.